The van der Waals surface area contributed by atoms with Crippen molar-refractivity contribution in [3.8, 4) is 0 Å². The Bertz CT molecular complexity index is 928. The summed E-state index contributed by atoms with van der Waals surface area (Å²) < 4.78 is 5.10. The molecular formula is C19H17ClN2O5. The summed E-state index contributed by atoms with van der Waals surface area (Å²) >= 11 is 5.73. The highest BCUT2D eigenvalue weighted by atomic mass is 35.5. The highest BCUT2D eigenvalue weighted by molar-refractivity contribution is 6.31. The monoisotopic (exact) mass is 388 g/mol. The van der Waals surface area contributed by atoms with Gasteiger partial charge in [-0.15, -0.1) is 0 Å². The molecule has 8 heteroatoms. The molecule has 7 nitrogen and oxygen atoms in total. The van der Waals surface area contributed by atoms with Crippen molar-refractivity contribution in [2.75, 3.05) is 5.32 Å². The molecular weight excluding hydrogens is 372 g/mol. The molecule has 0 radical (unpaired) electrons. The molecule has 0 fully saturated rings. The summed E-state index contributed by atoms with van der Waals surface area (Å²) in [6.45, 7) is 1.41. The molecule has 0 bridgehead atoms. The molecule has 27 heavy (non-hydrogen) atoms. The Morgan fingerprint density at radius 1 is 1.19 bits per heavy atom. The molecule has 1 aliphatic rings. The van der Waals surface area contributed by atoms with Crippen molar-refractivity contribution >= 4 is 34.9 Å². The number of carbonyl (C=O) groups is 2. The van der Waals surface area contributed by atoms with Gasteiger partial charge in [-0.2, -0.15) is 0 Å². The second-order valence-electron chi connectivity index (χ2n) is 6.29. The average Bonchev–Trinajstić information content (AvgIpc) is 3.09. The molecule has 0 spiro atoms. The summed E-state index contributed by atoms with van der Waals surface area (Å²) in [5.41, 5.74) is 2.37. The van der Waals surface area contributed by atoms with Gasteiger partial charge in [0.1, 0.15) is 5.56 Å². The van der Waals surface area contributed by atoms with Crippen LogP contribution in [0.5, 0.6) is 0 Å². The fourth-order valence-corrected chi connectivity index (χ4v) is 3.17. The summed E-state index contributed by atoms with van der Waals surface area (Å²) in [5.74, 6) is -1.48. The first-order valence-corrected chi connectivity index (χ1v) is 8.80. The number of hydrogen-bond donors (Lipinski definition) is 1. The van der Waals surface area contributed by atoms with Crippen LogP contribution in [0.2, 0.25) is 5.02 Å². The van der Waals surface area contributed by atoms with Crippen molar-refractivity contribution in [2.45, 2.75) is 32.3 Å². The summed E-state index contributed by atoms with van der Waals surface area (Å²) in [5, 5.41) is 13.9. The van der Waals surface area contributed by atoms with Crippen LogP contribution in [0.3, 0.4) is 0 Å². The van der Waals surface area contributed by atoms with Gasteiger partial charge in [0.15, 0.2) is 6.10 Å². The average molecular weight is 389 g/mol. The Labute approximate surface area is 160 Å². The number of aryl methyl sites for hydroxylation is 2. The number of fused-ring (bicyclic) bond motifs is 1. The van der Waals surface area contributed by atoms with Crippen LogP contribution in [0.15, 0.2) is 36.4 Å². The van der Waals surface area contributed by atoms with Crippen LogP contribution in [-0.2, 0) is 22.4 Å². The van der Waals surface area contributed by atoms with Gasteiger partial charge in [-0.05, 0) is 61.6 Å². The van der Waals surface area contributed by atoms with Crippen LogP contribution in [0, 0.1) is 10.1 Å². The number of ether oxygens (including phenoxy) is 1. The third kappa shape index (κ3) is 4.25. The van der Waals surface area contributed by atoms with Gasteiger partial charge in [0.25, 0.3) is 11.6 Å². The standard InChI is InChI=1S/C19H17ClN2O5/c1-11(18(23)21-15-7-5-12-3-2-4-13(12)9-15)27-19(24)16-8-6-14(20)10-17(16)22(25)26/h5-11H,2-4H2,1H3,(H,21,23). The predicted octanol–water partition coefficient (Wildman–Crippen LogP) is 3.92. The lowest BCUT2D eigenvalue weighted by atomic mass is 10.1. The summed E-state index contributed by atoms with van der Waals surface area (Å²) in [4.78, 5) is 34.9. The number of nitrogens with one attached hydrogen (secondary N) is 1. The van der Waals surface area contributed by atoms with Crippen LogP contribution in [0.1, 0.15) is 34.8 Å². The smallest absolute Gasteiger partial charge is 0.345 e. The van der Waals surface area contributed by atoms with Gasteiger partial charge >= 0.3 is 5.97 Å². The highest BCUT2D eigenvalue weighted by Gasteiger charge is 2.26. The number of rotatable bonds is 5. The first-order valence-electron chi connectivity index (χ1n) is 8.43. The van der Waals surface area contributed by atoms with Crippen LogP contribution >= 0.6 is 11.6 Å². The minimum Gasteiger partial charge on any atom is -0.449 e. The molecule has 2 aromatic rings. The predicted molar refractivity (Wildman–Crippen MR) is 100 cm³/mol. The van der Waals surface area contributed by atoms with Crippen LogP contribution in [0.25, 0.3) is 0 Å². The quantitative estimate of drug-likeness (QED) is 0.475. The van der Waals surface area contributed by atoms with E-state index in [0.717, 1.165) is 25.3 Å². The van der Waals surface area contributed by atoms with Gasteiger partial charge in [0, 0.05) is 16.8 Å². The molecule has 0 aromatic heterocycles. The Hall–Kier alpha value is -2.93. The maximum Gasteiger partial charge on any atom is 0.345 e. The van der Waals surface area contributed by atoms with E-state index in [-0.39, 0.29) is 10.6 Å². The number of carbonyl (C=O) groups excluding carboxylic acids is 2. The van der Waals surface area contributed by atoms with Crippen molar-refractivity contribution in [1.82, 2.24) is 0 Å². The number of anilines is 1. The van der Waals surface area contributed by atoms with E-state index in [4.69, 9.17) is 16.3 Å². The van der Waals surface area contributed by atoms with Crippen molar-refractivity contribution in [1.29, 1.82) is 0 Å². The molecule has 0 heterocycles. The molecule has 1 unspecified atom stereocenters. The zero-order valence-electron chi connectivity index (χ0n) is 14.5. The molecule has 1 amide bonds. The molecule has 1 atom stereocenters. The number of nitro benzene ring substituents is 1. The number of hydrogen-bond acceptors (Lipinski definition) is 5. The summed E-state index contributed by atoms with van der Waals surface area (Å²) in [6.07, 6.45) is 1.99. The fraction of sp³-hybridized carbons (Fsp3) is 0.263. The fourth-order valence-electron chi connectivity index (χ4n) is 3.00. The maximum atomic E-state index is 12.3. The number of benzene rings is 2. The van der Waals surface area contributed by atoms with Crippen molar-refractivity contribution in [2.24, 2.45) is 0 Å². The number of amides is 1. The maximum absolute atomic E-state index is 12.3. The molecule has 2 aromatic carbocycles. The number of halogens is 1. The zero-order valence-corrected chi connectivity index (χ0v) is 15.3. The van der Waals surface area contributed by atoms with Crippen LogP contribution < -0.4 is 5.32 Å². The molecule has 3 rings (SSSR count). The van der Waals surface area contributed by atoms with Crippen molar-refractivity contribution in [3.63, 3.8) is 0 Å². The van der Waals surface area contributed by atoms with Gasteiger partial charge in [0.2, 0.25) is 0 Å². The molecule has 1 aliphatic carbocycles. The van der Waals surface area contributed by atoms with E-state index in [0.29, 0.717) is 5.69 Å². The Kier molecular flexibility index (Phi) is 5.41. The first kappa shape index (κ1) is 18.8. The molecule has 0 saturated heterocycles. The Morgan fingerprint density at radius 3 is 2.67 bits per heavy atom. The first-order chi connectivity index (χ1) is 12.8. The van der Waals surface area contributed by atoms with Gasteiger partial charge in [0.05, 0.1) is 4.92 Å². The molecule has 140 valence electrons. The SMILES string of the molecule is CC(OC(=O)c1ccc(Cl)cc1[N+](=O)[O-])C(=O)Nc1ccc2c(c1)CCC2. The lowest BCUT2D eigenvalue weighted by Crippen LogP contribution is -2.30. The van der Waals surface area contributed by atoms with E-state index in [1.54, 1.807) is 6.07 Å². The Morgan fingerprint density at radius 2 is 1.93 bits per heavy atom. The molecule has 0 saturated carbocycles. The minimum absolute atomic E-state index is 0.126. The van der Waals surface area contributed by atoms with Gasteiger partial charge in [-0.25, -0.2) is 4.79 Å². The topological polar surface area (TPSA) is 98.5 Å². The minimum atomic E-state index is -1.12. The number of nitrogens with zero attached hydrogens (tertiary/aromatic N) is 1. The van der Waals surface area contributed by atoms with E-state index in [1.807, 2.05) is 12.1 Å². The van der Waals surface area contributed by atoms with Gasteiger partial charge < -0.3 is 10.1 Å². The lowest BCUT2D eigenvalue weighted by Gasteiger charge is -2.14. The summed E-state index contributed by atoms with van der Waals surface area (Å²) in [7, 11) is 0. The Balaban J connectivity index is 1.68. The highest BCUT2D eigenvalue weighted by Crippen LogP contribution is 2.26. The van der Waals surface area contributed by atoms with E-state index >= 15 is 0 Å². The second kappa shape index (κ2) is 7.75. The van der Waals surface area contributed by atoms with Crippen LogP contribution in [-0.4, -0.2) is 22.9 Å². The molecule has 1 N–H and O–H groups in total. The zero-order chi connectivity index (χ0) is 19.6. The second-order valence-corrected chi connectivity index (χ2v) is 6.73. The van der Waals surface area contributed by atoms with Gasteiger partial charge in [-0.1, -0.05) is 17.7 Å². The van der Waals surface area contributed by atoms with Gasteiger partial charge in [-0.3, -0.25) is 14.9 Å². The van der Waals surface area contributed by atoms with E-state index in [2.05, 4.69) is 5.32 Å². The summed E-state index contributed by atoms with van der Waals surface area (Å²) in [6, 6.07) is 9.31. The van der Waals surface area contributed by atoms with E-state index in [1.165, 1.54) is 30.2 Å². The third-order valence-corrected chi connectivity index (χ3v) is 4.63. The normalized spacial score (nSPS) is 13.6. The van der Waals surface area contributed by atoms with Crippen molar-refractivity contribution < 1.29 is 19.2 Å². The molecule has 0 aliphatic heterocycles. The lowest BCUT2D eigenvalue weighted by molar-refractivity contribution is -0.385. The largest absolute Gasteiger partial charge is 0.449 e. The van der Waals surface area contributed by atoms with E-state index in [9.17, 15) is 19.7 Å². The van der Waals surface area contributed by atoms with Crippen LogP contribution in [0.4, 0.5) is 11.4 Å². The number of nitro groups is 1. The number of esters is 1. The van der Waals surface area contributed by atoms with Crippen molar-refractivity contribution in [3.05, 3.63) is 68.2 Å². The van der Waals surface area contributed by atoms with E-state index < -0.39 is 28.6 Å². The third-order valence-electron chi connectivity index (χ3n) is 4.40.